The summed E-state index contributed by atoms with van der Waals surface area (Å²) in [6.07, 6.45) is 5.14. The minimum atomic E-state index is -0.428. The monoisotopic (exact) mass is 332 g/mol. The molecular formula is C17H24N4O3. The second-order valence-electron chi connectivity index (χ2n) is 6.04. The minimum absolute atomic E-state index is 0.0522. The number of pyridine rings is 1. The van der Waals surface area contributed by atoms with Crippen LogP contribution in [-0.4, -0.2) is 20.0 Å². The molecule has 1 atom stereocenters. The van der Waals surface area contributed by atoms with Crippen LogP contribution in [0.4, 0.5) is 5.69 Å². The minimum Gasteiger partial charge on any atom is -0.324 e. The van der Waals surface area contributed by atoms with E-state index in [0.29, 0.717) is 16.7 Å². The first-order valence-electron chi connectivity index (χ1n) is 8.27. The lowest BCUT2D eigenvalue weighted by Gasteiger charge is -2.15. The number of amides is 1. The van der Waals surface area contributed by atoms with E-state index in [1.54, 1.807) is 13.1 Å². The largest absolute Gasteiger partial charge is 0.332 e. The van der Waals surface area contributed by atoms with Crippen LogP contribution < -0.4 is 16.6 Å². The summed E-state index contributed by atoms with van der Waals surface area (Å²) in [5.41, 5.74) is -0.0746. The van der Waals surface area contributed by atoms with Gasteiger partial charge < -0.3 is 5.32 Å². The Hall–Kier alpha value is -2.44. The maximum absolute atomic E-state index is 12.4. The number of nitrogens with one attached hydrogen (secondary N) is 1. The van der Waals surface area contributed by atoms with Crippen LogP contribution in [0.3, 0.4) is 0 Å². The van der Waals surface area contributed by atoms with Crippen molar-refractivity contribution in [3.8, 4) is 0 Å². The van der Waals surface area contributed by atoms with Gasteiger partial charge in [-0.05, 0) is 18.9 Å². The molecule has 1 unspecified atom stereocenters. The summed E-state index contributed by atoms with van der Waals surface area (Å²) in [6, 6.07) is 1.58. The molecule has 0 fully saturated rings. The zero-order chi connectivity index (χ0) is 17.9. The molecule has 1 N–H and O–H groups in total. The fraction of sp³-hybridized carbons (Fsp3) is 0.529. The second kappa shape index (κ2) is 7.42. The third-order valence-corrected chi connectivity index (χ3v) is 4.33. The van der Waals surface area contributed by atoms with Crippen LogP contribution in [-0.2, 0) is 18.9 Å². The highest BCUT2D eigenvalue weighted by Gasteiger charge is 2.17. The molecule has 7 heteroatoms. The second-order valence-corrected chi connectivity index (χ2v) is 6.04. The van der Waals surface area contributed by atoms with Crippen molar-refractivity contribution in [1.82, 2.24) is 14.1 Å². The third kappa shape index (κ3) is 3.39. The van der Waals surface area contributed by atoms with Crippen LogP contribution in [0.25, 0.3) is 11.0 Å². The van der Waals surface area contributed by atoms with Gasteiger partial charge in [-0.1, -0.05) is 26.7 Å². The van der Waals surface area contributed by atoms with Crippen molar-refractivity contribution in [3.05, 3.63) is 33.1 Å². The summed E-state index contributed by atoms with van der Waals surface area (Å²) in [6.45, 7) is 4.09. The fourth-order valence-corrected chi connectivity index (χ4v) is 2.75. The van der Waals surface area contributed by atoms with Crippen LogP contribution in [0.2, 0.25) is 0 Å². The van der Waals surface area contributed by atoms with Crippen LogP contribution in [0.1, 0.15) is 39.5 Å². The first-order valence-corrected chi connectivity index (χ1v) is 8.27. The van der Waals surface area contributed by atoms with E-state index in [-0.39, 0.29) is 11.8 Å². The van der Waals surface area contributed by atoms with Crippen molar-refractivity contribution >= 4 is 22.6 Å². The molecule has 0 aromatic carbocycles. The van der Waals surface area contributed by atoms with Gasteiger partial charge in [0.15, 0.2) is 0 Å². The van der Waals surface area contributed by atoms with Gasteiger partial charge in [-0.3, -0.25) is 18.7 Å². The van der Waals surface area contributed by atoms with Crippen molar-refractivity contribution in [2.24, 2.45) is 20.0 Å². The summed E-state index contributed by atoms with van der Waals surface area (Å²) in [7, 11) is 2.99. The van der Waals surface area contributed by atoms with Gasteiger partial charge in [0, 0.05) is 20.0 Å². The Morgan fingerprint density at radius 3 is 2.58 bits per heavy atom. The number of hydrogen-bond acceptors (Lipinski definition) is 4. The molecule has 2 heterocycles. The molecule has 0 aliphatic heterocycles. The molecule has 24 heavy (non-hydrogen) atoms. The quantitative estimate of drug-likeness (QED) is 0.874. The van der Waals surface area contributed by atoms with E-state index in [0.717, 1.165) is 30.3 Å². The summed E-state index contributed by atoms with van der Waals surface area (Å²) in [5, 5.41) is 3.14. The van der Waals surface area contributed by atoms with Crippen molar-refractivity contribution in [2.45, 2.75) is 39.5 Å². The molecule has 2 aromatic heterocycles. The van der Waals surface area contributed by atoms with E-state index in [9.17, 15) is 14.4 Å². The number of carbonyl (C=O) groups excluding carboxylic acids is 1. The van der Waals surface area contributed by atoms with Gasteiger partial charge in [0.2, 0.25) is 5.91 Å². The number of carbonyl (C=O) groups is 1. The Morgan fingerprint density at radius 1 is 1.25 bits per heavy atom. The molecule has 0 aliphatic rings. The van der Waals surface area contributed by atoms with Crippen molar-refractivity contribution in [2.75, 3.05) is 5.32 Å². The Kier molecular flexibility index (Phi) is 5.54. The highest BCUT2D eigenvalue weighted by Crippen LogP contribution is 2.17. The molecule has 0 saturated heterocycles. The SMILES string of the molecule is CCCCC(CC)C(=O)Nc1cnc2c(c1)c(=O)n(C)c(=O)n2C. The van der Waals surface area contributed by atoms with Crippen molar-refractivity contribution in [3.63, 3.8) is 0 Å². The van der Waals surface area contributed by atoms with Gasteiger partial charge in [0.1, 0.15) is 5.65 Å². The van der Waals surface area contributed by atoms with Gasteiger partial charge >= 0.3 is 5.69 Å². The smallest absolute Gasteiger partial charge is 0.324 e. The molecule has 7 nitrogen and oxygen atoms in total. The summed E-state index contributed by atoms with van der Waals surface area (Å²) >= 11 is 0. The summed E-state index contributed by atoms with van der Waals surface area (Å²) < 4.78 is 2.35. The Morgan fingerprint density at radius 2 is 1.96 bits per heavy atom. The van der Waals surface area contributed by atoms with Gasteiger partial charge in [-0.15, -0.1) is 0 Å². The van der Waals surface area contributed by atoms with Crippen LogP contribution in [0.15, 0.2) is 21.9 Å². The Labute approximate surface area is 140 Å². The molecular weight excluding hydrogens is 308 g/mol. The molecule has 1 amide bonds. The van der Waals surface area contributed by atoms with Gasteiger partial charge in [-0.2, -0.15) is 0 Å². The highest BCUT2D eigenvalue weighted by atomic mass is 16.2. The molecule has 130 valence electrons. The van der Waals surface area contributed by atoms with E-state index in [1.165, 1.54) is 17.8 Å². The van der Waals surface area contributed by atoms with Crippen molar-refractivity contribution in [1.29, 1.82) is 0 Å². The Bertz CT molecular complexity index is 866. The average Bonchev–Trinajstić information content (AvgIpc) is 2.58. The predicted octanol–water partition coefficient (Wildman–Crippen LogP) is 1.79. The third-order valence-electron chi connectivity index (χ3n) is 4.33. The lowest BCUT2D eigenvalue weighted by Crippen LogP contribution is -2.37. The van der Waals surface area contributed by atoms with Gasteiger partial charge in [-0.25, -0.2) is 9.78 Å². The van der Waals surface area contributed by atoms with Crippen LogP contribution in [0.5, 0.6) is 0 Å². The average molecular weight is 332 g/mol. The molecule has 0 aliphatic carbocycles. The molecule has 2 rings (SSSR count). The van der Waals surface area contributed by atoms with Crippen LogP contribution in [0, 0.1) is 5.92 Å². The number of hydrogen-bond donors (Lipinski definition) is 1. The molecule has 0 saturated carbocycles. The number of unbranched alkanes of at least 4 members (excludes halogenated alkanes) is 1. The normalized spacial score (nSPS) is 12.3. The molecule has 2 aromatic rings. The number of rotatable bonds is 6. The fourth-order valence-electron chi connectivity index (χ4n) is 2.75. The predicted molar refractivity (Wildman–Crippen MR) is 94.2 cm³/mol. The number of aromatic nitrogens is 3. The standard InChI is InChI=1S/C17H24N4O3/c1-5-7-8-11(6-2)15(22)19-12-9-13-14(18-10-12)20(3)17(24)21(4)16(13)23/h9-11H,5-8H2,1-4H3,(H,19,22). The van der Waals surface area contributed by atoms with E-state index < -0.39 is 11.2 Å². The number of aryl methyl sites for hydroxylation is 1. The maximum Gasteiger partial charge on any atom is 0.332 e. The topological polar surface area (TPSA) is 86.0 Å². The molecule has 0 spiro atoms. The summed E-state index contributed by atoms with van der Waals surface area (Å²) in [4.78, 5) is 40.7. The highest BCUT2D eigenvalue weighted by molar-refractivity contribution is 5.94. The van der Waals surface area contributed by atoms with Crippen LogP contribution >= 0.6 is 0 Å². The zero-order valence-electron chi connectivity index (χ0n) is 14.6. The summed E-state index contributed by atoms with van der Waals surface area (Å²) in [5.74, 6) is -0.114. The first kappa shape index (κ1) is 17.9. The van der Waals surface area contributed by atoms with Gasteiger partial charge in [0.25, 0.3) is 5.56 Å². The number of nitrogens with zero attached hydrogens (tertiary/aromatic N) is 3. The van der Waals surface area contributed by atoms with Crippen molar-refractivity contribution < 1.29 is 4.79 Å². The van der Waals surface area contributed by atoms with E-state index in [4.69, 9.17) is 0 Å². The van der Waals surface area contributed by atoms with Gasteiger partial charge in [0.05, 0.1) is 17.3 Å². The van der Waals surface area contributed by atoms with E-state index in [1.807, 2.05) is 6.92 Å². The first-order chi connectivity index (χ1) is 11.4. The Balaban J connectivity index is 2.36. The number of anilines is 1. The maximum atomic E-state index is 12.4. The lowest BCUT2D eigenvalue weighted by atomic mass is 9.98. The van der Waals surface area contributed by atoms with E-state index >= 15 is 0 Å². The number of fused-ring (bicyclic) bond motifs is 1. The lowest BCUT2D eigenvalue weighted by molar-refractivity contribution is -0.120. The van der Waals surface area contributed by atoms with E-state index in [2.05, 4.69) is 17.2 Å². The zero-order valence-corrected chi connectivity index (χ0v) is 14.6. The molecule has 0 radical (unpaired) electrons. The molecule has 0 bridgehead atoms.